The van der Waals surface area contributed by atoms with Gasteiger partial charge >= 0.3 is 6.09 Å². The number of rotatable bonds is 16. The molecule has 238 valence electrons. The smallest absolute Gasteiger partial charge is 0.407 e. The van der Waals surface area contributed by atoms with E-state index >= 15 is 4.39 Å². The summed E-state index contributed by atoms with van der Waals surface area (Å²) in [6.45, 7) is 2.74. The van der Waals surface area contributed by atoms with Crippen molar-refractivity contribution < 1.29 is 32.2 Å². The number of methoxy groups -OCH3 is 1. The quantitative estimate of drug-likeness (QED) is 0.189. The highest BCUT2D eigenvalue weighted by Gasteiger charge is 2.36. The molecule has 3 rings (SSSR count). The van der Waals surface area contributed by atoms with Crippen molar-refractivity contribution in [3.63, 3.8) is 0 Å². The second-order valence-corrected chi connectivity index (χ2v) is 12.8. The van der Waals surface area contributed by atoms with Gasteiger partial charge in [0.1, 0.15) is 12.2 Å². The summed E-state index contributed by atoms with van der Waals surface area (Å²) in [5, 5.41) is 12.8. The van der Waals surface area contributed by atoms with E-state index in [9.17, 15) is 23.1 Å². The second kappa shape index (κ2) is 16.3. The third-order valence-corrected chi connectivity index (χ3v) is 9.60. The van der Waals surface area contributed by atoms with E-state index in [-0.39, 0.29) is 36.4 Å². The number of carbonyl (C=O) groups is 2. The Morgan fingerprint density at radius 1 is 0.955 bits per heavy atom. The van der Waals surface area contributed by atoms with Gasteiger partial charge in [-0.3, -0.25) is 4.79 Å². The van der Waals surface area contributed by atoms with Crippen LogP contribution in [-0.4, -0.2) is 67.7 Å². The van der Waals surface area contributed by atoms with Crippen molar-refractivity contribution in [1.82, 2.24) is 9.62 Å². The number of nitrogen functional groups attached to an aromatic ring is 1. The summed E-state index contributed by atoms with van der Waals surface area (Å²) in [7, 11) is -2.83. The molecule has 0 aromatic heterocycles. The normalized spacial score (nSPS) is 13.9. The lowest BCUT2D eigenvalue weighted by Gasteiger charge is -2.33. The summed E-state index contributed by atoms with van der Waals surface area (Å²) < 4.78 is 48.1. The molecule has 0 aliphatic heterocycles. The monoisotopic (exact) mass is 627 g/mol. The molecule has 9 nitrogen and oxygen atoms in total. The van der Waals surface area contributed by atoms with E-state index < -0.39 is 52.9 Å². The van der Waals surface area contributed by atoms with Gasteiger partial charge < -0.3 is 20.9 Å². The number of ether oxygens (including phenoxy) is 1. The first-order chi connectivity index (χ1) is 21.0. The summed E-state index contributed by atoms with van der Waals surface area (Å²) >= 11 is 0. The highest BCUT2D eigenvalue weighted by molar-refractivity contribution is 7.89. The Bertz CT molecular complexity index is 1400. The van der Waals surface area contributed by atoms with Crippen LogP contribution in [0.5, 0.6) is 0 Å². The number of nitrogens with one attached hydrogen (secondary N) is 1. The molecule has 0 aliphatic carbocycles. The van der Waals surface area contributed by atoms with E-state index in [1.54, 1.807) is 13.8 Å². The van der Waals surface area contributed by atoms with E-state index in [1.807, 2.05) is 60.7 Å². The van der Waals surface area contributed by atoms with Crippen molar-refractivity contribution in [2.75, 3.05) is 19.5 Å². The van der Waals surface area contributed by atoms with Gasteiger partial charge in [0, 0.05) is 24.1 Å². The number of nitrogens with zero attached hydrogens (tertiary/aromatic N) is 1. The number of amides is 1. The third kappa shape index (κ3) is 9.10. The molecule has 44 heavy (non-hydrogen) atoms. The maximum atomic E-state index is 15.4. The molecule has 0 bridgehead atoms. The van der Waals surface area contributed by atoms with Crippen molar-refractivity contribution in [2.45, 2.75) is 74.6 Å². The molecular formula is C33H42FN3O6S. The van der Waals surface area contributed by atoms with E-state index in [4.69, 9.17) is 10.5 Å². The van der Waals surface area contributed by atoms with Gasteiger partial charge in [0.25, 0.3) is 0 Å². The van der Waals surface area contributed by atoms with E-state index in [0.717, 1.165) is 15.4 Å². The maximum Gasteiger partial charge on any atom is 0.407 e. The Labute approximate surface area is 259 Å². The zero-order valence-electron chi connectivity index (χ0n) is 25.3. The Balaban J connectivity index is 1.74. The summed E-state index contributed by atoms with van der Waals surface area (Å²) in [4.78, 5) is 25.9. The molecule has 0 aliphatic rings. The number of aliphatic hydroxyl groups is 1. The minimum atomic E-state index is -4.05. The Hall–Kier alpha value is -3.80. The van der Waals surface area contributed by atoms with Crippen LogP contribution in [0.3, 0.4) is 0 Å². The van der Waals surface area contributed by atoms with Crippen LogP contribution in [0, 0.1) is 0 Å². The summed E-state index contributed by atoms with van der Waals surface area (Å²) in [5.74, 6) is -0.809. The molecular weight excluding hydrogens is 585 g/mol. The first kappa shape index (κ1) is 34.7. The van der Waals surface area contributed by atoms with Gasteiger partial charge in [-0.05, 0) is 68.5 Å². The molecule has 1 unspecified atom stereocenters. The van der Waals surface area contributed by atoms with Crippen LogP contribution < -0.4 is 11.1 Å². The number of ketones is 1. The highest BCUT2D eigenvalue weighted by Crippen LogP contribution is 2.30. The van der Waals surface area contributed by atoms with Crippen LogP contribution in [0.4, 0.5) is 14.9 Å². The number of hydrogen-bond acceptors (Lipinski definition) is 7. The number of Topliss-reactive ketones (excluding diaryl/α,β-unsaturated/α-hetero) is 1. The largest absolute Gasteiger partial charge is 0.453 e. The Kier molecular flexibility index (Phi) is 12.9. The third-order valence-electron chi connectivity index (χ3n) is 7.46. The van der Waals surface area contributed by atoms with Crippen LogP contribution in [0.15, 0.2) is 89.8 Å². The standard InChI is InChI=1S/C33H42FN3O6S/c1-23(2)37(44(41,42)29-19-17-27(35)18-20-29)28(22-38)21-26(34)15-10-16-30(39)32(36-33(40)43-3)31(24-11-6-4-7-12-24)25-13-8-5-9-14-25/h4-9,11-14,17-20,23,26,28,31-32,38H,10,15-16,21-22,35H2,1-3H3,(H,36,40)/t26?,28-,32+/m0/s1. The molecule has 0 fully saturated rings. The van der Waals surface area contributed by atoms with Crippen molar-refractivity contribution in [2.24, 2.45) is 0 Å². The van der Waals surface area contributed by atoms with Crippen LogP contribution >= 0.6 is 0 Å². The number of hydrogen-bond donors (Lipinski definition) is 3. The molecule has 3 aromatic carbocycles. The SMILES string of the molecule is COC(=O)N[C@H](C(=O)CCCC(F)C[C@@H](CO)N(C(C)C)S(=O)(=O)c1ccc(N)cc1)C(c1ccccc1)c1ccccc1. The molecule has 4 N–H and O–H groups in total. The molecule has 0 spiro atoms. The van der Waals surface area contributed by atoms with Gasteiger partial charge in [-0.15, -0.1) is 0 Å². The van der Waals surface area contributed by atoms with Crippen molar-refractivity contribution in [3.8, 4) is 0 Å². The van der Waals surface area contributed by atoms with Gasteiger partial charge in [-0.1, -0.05) is 60.7 Å². The zero-order valence-corrected chi connectivity index (χ0v) is 26.1. The van der Waals surface area contributed by atoms with Crippen molar-refractivity contribution in [1.29, 1.82) is 0 Å². The lowest BCUT2D eigenvalue weighted by atomic mass is 9.82. The fraction of sp³-hybridized carbons (Fsp3) is 0.394. The van der Waals surface area contributed by atoms with Gasteiger partial charge in [0.05, 0.1) is 24.7 Å². The zero-order chi connectivity index (χ0) is 32.3. The Morgan fingerprint density at radius 2 is 1.50 bits per heavy atom. The number of alkyl halides is 1. The number of benzene rings is 3. The summed E-state index contributed by atoms with van der Waals surface area (Å²) in [6.07, 6.45) is -2.42. The van der Waals surface area contributed by atoms with Crippen molar-refractivity contribution in [3.05, 3.63) is 96.1 Å². The summed E-state index contributed by atoms with van der Waals surface area (Å²) in [5.41, 5.74) is 7.74. The maximum absolute atomic E-state index is 15.4. The number of sulfonamides is 1. The number of nitrogens with two attached hydrogens (primary N) is 1. The number of halogens is 1. The van der Waals surface area contributed by atoms with E-state index in [1.165, 1.54) is 31.4 Å². The van der Waals surface area contributed by atoms with Crippen molar-refractivity contribution >= 4 is 27.6 Å². The predicted octanol–water partition coefficient (Wildman–Crippen LogP) is 5.05. The number of carbonyl (C=O) groups excluding carboxylic acids is 2. The molecule has 0 radical (unpaired) electrons. The number of anilines is 1. The van der Waals surface area contributed by atoms with Crippen LogP contribution in [0.1, 0.15) is 56.6 Å². The second-order valence-electron chi connectivity index (χ2n) is 10.9. The highest BCUT2D eigenvalue weighted by atomic mass is 32.2. The average Bonchev–Trinajstić information content (AvgIpc) is 3.01. The molecule has 1 amide bonds. The first-order valence-corrected chi connectivity index (χ1v) is 16.0. The van der Waals surface area contributed by atoms with Crippen LogP contribution in [0.2, 0.25) is 0 Å². The predicted molar refractivity (Wildman–Crippen MR) is 168 cm³/mol. The number of aliphatic hydroxyl groups excluding tert-OH is 1. The fourth-order valence-corrected chi connectivity index (χ4v) is 7.24. The topological polar surface area (TPSA) is 139 Å². The molecule has 0 heterocycles. The first-order valence-electron chi connectivity index (χ1n) is 14.6. The van der Waals surface area contributed by atoms with Crippen LogP contribution in [0.25, 0.3) is 0 Å². The lowest BCUT2D eigenvalue weighted by Crippen LogP contribution is -2.47. The molecule has 0 saturated heterocycles. The average molecular weight is 628 g/mol. The minimum absolute atomic E-state index is 0.00427. The molecule has 3 atom stereocenters. The molecule has 0 saturated carbocycles. The van der Waals surface area contributed by atoms with Gasteiger partial charge in [-0.25, -0.2) is 17.6 Å². The van der Waals surface area contributed by atoms with Gasteiger partial charge in [0.15, 0.2) is 5.78 Å². The fourth-order valence-electron chi connectivity index (χ4n) is 5.42. The van der Waals surface area contributed by atoms with Crippen LogP contribution in [-0.2, 0) is 19.6 Å². The number of alkyl carbamates (subject to hydrolysis) is 1. The minimum Gasteiger partial charge on any atom is -0.453 e. The lowest BCUT2D eigenvalue weighted by molar-refractivity contribution is -0.121. The van der Waals surface area contributed by atoms with Gasteiger partial charge in [0.2, 0.25) is 10.0 Å². The van der Waals surface area contributed by atoms with E-state index in [0.29, 0.717) is 5.69 Å². The molecule has 3 aromatic rings. The molecule has 11 heteroatoms. The van der Waals surface area contributed by atoms with E-state index in [2.05, 4.69) is 5.32 Å². The Morgan fingerprint density at radius 3 is 1.98 bits per heavy atom. The van der Waals surface area contributed by atoms with Gasteiger partial charge in [-0.2, -0.15) is 4.31 Å². The summed E-state index contributed by atoms with van der Waals surface area (Å²) in [6, 6.07) is 21.8.